The number of carboxylic acids is 1. The Bertz CT molecular complexity index is 705. The van der Waals surface area contributed by atoms with Crippen LogP contribution in [0.1, 0.15) is 6.92 Å². The second-order valence-electron chi connectivity index (χ2n) is 3.83. The summed E-state index contributed by atoms with van der Waals surface area (Å²) in [5.74, 6) is -0.156. The Kier molecular flexibility index (Phi) is 4.27. The zero-order valence-electron chi connectivity index (χ0n) is 10.5. The molecule has 3 heterocycles. The van der Waals surface area contributed by atoms with E-state index in [1.807, 2.05) is 12.1 Å². The number of carbonyl (C=O) groups is 1. The molecule has 0 fully saturated rings. The molecular formula is C13H11ClN4O2. The van der Waals surface area contributed by atoms with E-state index in [-0.39, 0.29) is 0 Å². The first-order valence-corrected chi connectivity index (χ1v) is 6.06. The third-order valence-electron chi connectivity index (χ3n) is 2.22. The number of aromatic nitrogens is 4. The summed E-state index contributed by atoms with van der Waals surface area (Å²) in [4.78, 5) is 24.9. The number of nitrogens with zero attached hydrogens (tertiary/aromatic N) is 3. The number of rotatable bonds is 1. The standard InChI is InChI=1S/C11H7ClN4.C2H4O2/c12-7-3-5-13-9(6-7)11-15-8-2-1-4-14-10(8)16-11;1-2(3)4/h1-6H,(H,14,15,16);1H3,(H,3,4). The van der Waals surface area contributed by atoms with Gasteiger partial charge in [0.15, 0.2) is 11.5 Å². The first-order valence-electron chi connectivity index (χ1n) is 5.68. The molecule has 0 aromatic carbocycles. The minimum atomic E-state index is -0.833. The summed E-state index contributed by atoms with van der Waals surface area (Å²) < 4.78 is 0. The van der Waals surface area contributed by atoms with Crippen molar-refractivity contribution in [3.8, 4) is 11.5 Å². The minimum absolute atomic E-state index is 0.637. The van der Waals surface area contributed by atoms with E-state index in [2.05, 4.69) is 19.9 Å². The molecule has 0 aliphatic carbocycles. The van der Waals surface area contributed by atoms with Crippen LogP contribution in [0.15, 0.2) is 36.7 Å². The average molecular weight is 291 g/mol. The van der Waals surface area contributed by atoms with Crippen molar-refractivity contribution in [2.75, 3.05) is 0 Å². The van der Waals surface area contributed by atoms with Gasteiger partial charge in [-0.25, -0.2) is 9.97 Å². The third-order valence-corrected chi connectivity index (χ3v) is 2.46. The maximum atomic E-state index is 9.00. The largest absolute Gasteiger partial charge is 0.481 e. The number of halogens is 1. The number of hydrogen-bond acceptors (Lipinski definition) is 4. The van der Waals surface area contributed by atoms with E-state index in [1.54, 1.807) is 24.5 Å². The van der Waals surface area contributed by atoms with Crippen molar-refractivity contribution in [3.05, 3.63) is 41.7 Å². The summed E-state index contributed by atoms with van der Waals surface area (Å²) in [7, 11) is 0. The number of pyridine rings is 2. The molecule has 0 aliphatic rings. The van der Waals surface area contributed by atoms with Crippen LogP contribution in [0.5, 0.6) is 0 Å². The Balaban J connectivity index is 0.000000328. The first kappa shape index (κ1) is 14.0. The van der Waals surface area contributed by atoms with Crippen LogP contribution in [-0.2, 0) is 4.79 Å². The predicted octanol–water partition coefficient (Wildman–Crippen LogP) is 2.76. The summed E-state index contributed by atoms with van der Waals surface area (Å²) in [6.07, 6.45) is 3.37. The van der Waals surface area contributed by atoms with Crippen LogP contribution < -0.4 is 0 Å². The lowest BCUT2D eigenvalue weighted by Crippen LogP contribution is -1.84. The van der Waals surface area contributed by atoms with Gasteiger partial charge < -0.3 is 10.1 Å². The van der Waals surface area contributed by atoms with Gasteiger partial charge in [-0.1, -0.05) is 11.6 Å². The van der Waals surface area contributed by atoms with Gasteiger partial charge in [0.05, 0.1) is 0 Å². The van der Waals surface area contributed by atoms with E-state index in [0.717, 1.165) is 18.1 Å². The minimum Gasteiger partial charge on any atom is -0.481 e. The molecule has 0 atom stereocenters. The van der Waals surface area contributed by atoms with Gasteiger partial charge in [0.1, 0.15) is 11.2 Å². The van der Waals surface area contributed by atoms with Crippen LogP contribution in [0.4, 0.5) is 0 Å². The molecule has 6 nitrogen and oxygen atoms in total. The van der Waals surface area contributed by atoms with Gasteiger partial charge in [-0.3, -0.25) is 9.78 Å². The highest BCUT2D eigenvalue weighted by Gasteiger charge is 2.06. The second-order valence-corrected chi connectivity index (χ2v) is 4.27. The fourth-order valence-corrected chi connectivity index (χ4v) is 1.66. The number of aromatic amines is 1. The van der Waals surface area contributed by atoms with Crippen LogP contribution in [-0.4, -0.2) is 31.0 Å². The van der Waals surface area contributed by atoms with Crippen LogP contribution in [0.25, 0.3) is 22.7 Å². The van der Waals surface area contributed by atoms with Crippen molar-refractivity contribution in [3.63, 3.8) is 0 Å². The SMILES string of the molecule is CC(=O)O.Clc1ccnc(-c2nc3cccnc3[nH]2)c1. The van der Waals surface area contributed by atoms with Gasteiger partial charge in [-0.05, 0) is 24.3 Å². The first-order chi connectivity index (χ1) is 9.56. The van der Waals surface area contributed by atoms with Crippen LogP contribution >= 0.6 is 11.6 Å². The number of carboxylic acid groups (broad SMARTS) is 1. The quantitative estimate of drug-likeness (QED) is 0.719. The maximum absolute atomic E-state index is 9.00. The molecule has 0 aliphatic heterocycles. The molecule has 0 spiro atoms. The van der Waals surface area contributed by atoms with Gasteiger partial charge in [0.2, 0.25) is 0 Å². The Morgan fingerprint density at radius 2 is 2.05 bits per heavy atom. The molecule has 0 amide bonds. The summed E-state index contributed by atoms with van der Waals surface area (Å²) in [6, 6.07) is 7.23. The Morgan fingerprint density at radius 1 is 1.30 bits per heavy atom. The highest BCUT2D eigenvalue weighted by molar-refractivity contribution is 6.30. The fourth-order valence-electron chi connectivity index (χ4n) is 1.50. The summed E-state index contributed by atoms with van der Waals surface area (Å²) in [6.45, 7) is 1.08. The zero-order chi connectivity index (χ0) is 14.5. The number of imidazole rings is 1. The fraction of sp³-hybridized carbons (Fsp3) is 0.0769. The molecule has 0 bridgehead atoms. The Labute approximate surface area is 119 Å². The van der Waals surface area contributed by atoms with Crippen molar-refractivity contribution in [2.45, 2.75) is 6.92 Å². The van der Waals surface area contributed by atoms with Crippen molar-refractivity contribution in [1.29, 1.82) is 0 Å². The topological polar surface area (TPSA) is 91.8 Å². The van der Waals surface area contributed by atoms with Gasteiger partial charge in [0, 0.05) is 24.3 Å². The van der Waals surface area contributed by atoms with Crippen LogP contribution in [0, 0.1) is 0 Å². The molecule has 0 saturated heterocycles. The van der Waals surface area contributed by atoms with Gasteiger partial charge in [-0.2, -0.15) is 0 Å². The van der Waals surface area contributed by atoms with Crippen molar-refractivity contribution in [1.82, 2.24) is 19.9 Å². The smallest absolute Gasteiger partial charge is 0.300 e. The number of nitrogens with one attached hydrogen (secondary N) is 1. The van der Waals surface area contributed by atoms with Crippen LogP contribution in [0.2, 0.25) is 5.02 Å². The molecule has 3 aromatic heterocycles. The molecular weight excluding hydrogens is 280 g/mol. The number of hydrogen-bond donors (Lipinski definition) is 2. The van der Waals surface area contributed by atoms with Crippen molar-refractivity contribution >= 4 is 28.7 Å². The number of fused-ring (bicyclic) bond motifs is 1. The highest BCUT2D eigenvalue weighted by Crippen LogP contribution is 2.19. The predicted molar refractivity (Wildman–Crippen MR) is 75.4 cm³/mol. The monoisotopic (exact) mass is 290 g/mol. The summed E-state index contributed by atoms with van der Waals surface area (Å²) in [5.41, 5.74) is 2.28. The summed E-state index contributed by atoms with van der Waals surface area (Å²) in [5, 5.41) is 8.05. The van der Waals surface area contributed by atoms with E-state index in [4.69, 9.17) is 21.5 Å². The number of aliphatic carboxylic acids is 1. The Hall–Kier alpha value is -2.47. The Morgan fingerprint density at radius 3 is 2.70 bits per heavy atom. The lowest BCUT2D eigenvalue weighted by atomic mass is 10.3. The lowest BCUT2D eigenvalue weighted by Gasteiger charge is -1.94. The van der Waals surface area contributed by atoms with Crippen molar-refractivity contribution in [2.24, 2.45) is 0 Å². The highest BCUT2D eigenvalue weighted by atomic mass is 35.5. The molecule has 102 valence electrons. The van der Waals surface area contributed by atoms with Gasteiger partial charge in [-0.15, -0.1) is 0 Å². The summed E-state index contributed by atoms with van der Waals surface area (Å²) >= 11 is 5.90. The van der Waals surface area contributed by atoms with E-state index >= 15 is 0 Å². The molecule has 3 aromatic rings. The van der Waals surface area contributed by atoms with Gasteiger partial charge in [0.25, 0.3) is 5.97 Å². The normalized spacial score (nSPS) is 9.90. The maximum Gasteiger partial charge on any atom is 0.300 e. The molecule has 0 unspecified atom stereocenters. The molecule has 0 saturated carbocycles. The van der Waals surface area contributed by atoms with Crippen LogP contribution in [0.3, 0.4) is 0 Å². The molecule has 0 radical (unpaired) electrons. The zero-order valence-corrected chi connectivity index (χ0v) is 11.3. The molecule has 20 heavy (non-hydrogen) atoms. The lowest BCUT2D eigenvalue weighted by molar-refractivity contribution is -0.134. The van der Waals surface area contributed by atoms with Crippen molar-refractivity contribution < 1.29 is 9.90 Å². The number of H-pyrrole nitrogens is 1. The van der Waals surface area contributed by atoms with E-state index in [0.29, 0.717) is 16.5 Å². The molecule has 2 N–H and O–H groups in total. The average Bonchev–Trinajstić information content (AvgIpc) is 2.82. The molecule has 3 rings (SSSR count). The molecule has 7 heteroatoms. The van der Waals surface area contributed by atoms with E-state index in [1.165, 1.54) is 0 Å². The van der Waals surface area contributed by atoms with E-state index < -0.39 is 5.97 Å². The third kappa shape index (κ3) is 3.52. The van der Waals surface area contributed by atoms with Gasteiger partial charge >= 0.3 is 0 Å². The second kappa shape index (κ2) is 6.12. The van der Waals surface area contributed by atoms with E-state index in [9.17, 15) is 0 Å².